The molecule has 3 nitrogen and oxygen atoms in total. The van der Waals surface area contributed by atoms with Gasteiger partial charge in [0, 0.05) is 26.3 Å². The van der Waals surface area contributed by atoms with Crippen LogP contribution in [0.3, 0.4) is 0 Å². The maximum absolute atomic E-state index is 5.91. The third kappa shape index (κ3) is 6.72. The first kappa shape index (κ1) is 15.9. The van der Waals surface area contributed by atoms with Gasteiger partial charge in [-0.2, -0.15) is 0 Å². The largest absolute Gasteiger partial charge is 0.381 e. The van der Waals surface area contributed by atoms with Gasteiger partial charge >= 0.3 is 0 Å². The van der Waals surface area contributed by atoms with Crippen molar-refractivity contribution in [1.29, 1.82) is 0 Å². The second kappa shape index (κ2) is 7.46. The molecule has 0 saturated carbocycles. The quantitative estimate of drug-likeness (QED) is 0.793. The molecule has 1 aliphatic rings. The molecule has 0 radical (unpaired) electrons. The van der Waals surface area contributed by atoms with Gasteiger partial charge in [0.15, 0.2) is 0 Å². The highest BCUT2D eigenvalue weighted by Crippen LogP contribution is 2.25. The van der Waals surface area contributed by atoms with E-state index in [2.05, 4.69) is 32.7 Å². The minimum atomic E-state index is 0.379. The van der Waals surface area contributed by atoms with Crippen LogP contribution in [0.25, 0.3) is 0 Å². The van der Waals surface area contributed by atoms with Gasteiger partial charge in [-0.25, -0.2) is 0 Å². The van der Waals surface area contributed by atoms with Crippen molar-refractivity contribution in [2.45, 2.75) is 40.0 Å². The van der Waals surface area contributed by atoms with Gasteiger partial charge in [0.2, 0.25) is 0 Å². The summed E-state index contributed by atoms with van der Waals surface area (Å²) in [5, 5.41) is 0. The second-order valence-corrected chi connectivity index (χ2v) is 7.14. The van der Waals surface area contributed by atoms with E-state index in [9.17, 15) is 0 Å². The van der Waals surface area contributed by atoms with Gasteiger partial charge in [-0.05, 0) is 50.1 Å². The van der Waals surface area contributed by atoms with E-state index in [1.54, 1.807) is 0 Å². The summed E-state index contributed by atoms with van der Waals surface area (Å²) in [6.45, 7) is 11.9. The van der Waals surface area contributed by atoms with E-state index in [1.807, 2.05) is 0 Å². The summed E-state index contributed by atoms with van der Waals surface area (Å²) in [4.78, 5) is 2.47. The minimum Gasteiger partial charge on any atom is -0.381 e. The first-order chi connectivity index (χ1) is 8.40. The Morgan fingerprint density at radius 1 is 1.28 bits per heavy atom. The van der Waals surface area contributed by atoms with E-state index in [4.69, 9.17) is 10.5 Å². The van der Waals surface area contributed by atoms with Crippen molar-refractivity contribution in [3.8, 4) is 0 Å². The number of hydrogen-bond acceptors (Lipinski definition) is 3. The summed E-state index contributed by atoms with van der Waals surface area (Å²) in [5.41, 5.74) is 6.29. The second-order valence-electron chi connectivity index (χ2n) is 7.14. The first-order valence-electron chi connectivity index (χ1n) is 7.37. The zero-order chi connectivity index (χ0) is 13.6. The van der Waals surface area contributed by atoms with Crippen molar-refractivity contribution in [3.05, 3.63) is 0 Å². The summed E-state index contributed by atoms with van der Waals surface area (Å²) in [6.07, 6.45) is 3.65. The number of hydrogen-bond donors (Lipinski definition) is 1. The van der Waals surface area contributed by atoms with Gasteiger partial charge < -0.3 is 15.4 Å². The topological polar surface area (TPSA) is 38.5 Å². The fraction of sp³-hybridized carbons (Fsp3) is 1.00. The number of nitrogens with two attached hydrogens (primary N) is 1. The molecule has 0 amide bonds. The smallest absolute Gasteiger partial charge is 0.0469 e. The maximum Gasteiger partial charge on any atom is 0.0469 e. The lowest BCUT2D eigenvalue weighted by Gasteiger charge is -2.31. The molecule has 1 fully saturated rings. The van der Waals surface area contributed by atoms with Crippen molar-refractivity contribution in [3.63, 3.8) is 0 Å². The zero-order valence-corrected chi connectivity index (χ0v) is 12.7. The highest BCUT2D eigenvalue weighted by molar-refractivity contribution is 4.74. The monoisotopic (exact) mass is 256 g/mol. The average molecular weight is 256 g/mol. The van der Waals surface area contributed by atoms with Gasteiger partial charge in [0.05, 0.1) is 0 Å². The zero-order valence-electron chi connectivity index (χ0n) is 12.7. The Morgan fingerprint density at radius 2 is 1.89 bits per heavy atom. The molecule has 0 bridgehead atoms. The van der Waals surface area contributed by atoms with Crippen molar-refractivity contribution in [2.24, 2.45) is 23.0 Å². The van der Waals surface area contributed by atoms with Crippen LogP contribution in [-0.4, -0.2) is 44.8 Å². The molecule has 18 heavy (non-hydrogen) atoms. The predicted octanol–water partition coefficient (Wildman–Crippen LogP) is 2.36. The molecule has 0 aromatic rings. The SMILES string of the molecule is CN(CC1CCOCC1)CC(CN)CC(C)(C)C. The highest BCUT2D eigenvalue weighted by atomic mass is 16.5. The van der Waals surface area contributed by atoms with Crippen LogP contribution in [0.2, 0.25) is 0 Å². The standard InChI is InChI=1S/C15H32N2O/c1-15(2,3)9-14(10-16)12-17(4)11-13-5-7-18-8-6-13/h13-14H,5-12,16H2,1-4H3. The lowest BCUT2D eigenvalue weighted by atomic mass is 9.84. The molecule has 108 valence electrons. The molecule has 2 N–H and O–H groups in total. The van der Waals surface area contributed by atoms with Crippen LogP contribution in [0, 0.1) is 17.3 Å². The maximum atomic E-state index is 5.91. The van der Waals surface area contributed by atoms with Crippen LogP contribution in [0.4, 0.5) is 0 Å². The van der Waals surface area contributed by atoms with Crippen LogP contribution in [0.1, 0.15) is 40.0 Å². The molecule has 1 unspecified atom stereocenters. The fourth-order valence-corrected chi connectivity index (χ4v) is 2.97. The van der Waals surface area contributed by atoms with Gasteiger partial charge in [-0.1, -0.05) is 20.8 Å². The van der Waals surface area contributed by atoms with E-state index >= 15 is 0 Å². The van der Waals surface area contributed by atoms with E-state index in [1.165, 1.54) is 25.8 Å². The minimum absolute atomic E-state index is 0.379. The van der Waals surface area contributed by atoms with E-state index in [0.29, 0.717) is 11.3 Å². The molecular weight excluding hydrogens is 224 g/mol. The fourth-order valence-electron chi connectivity index (χ4n) is 2.97. The number of nitrogens with zero attached hydrogens (tertiary/aromatic N) is 1. The Labute approximate surface area is 113 Å². The Bertz CT molecular complexity index is 219. The lowest BCUT2D eigenvalue weighted by molar-refractivity contribution is 0.0533. The molecule has 3 heteroatoms. The third-order valence-electron chi connectivity index (χ3n) is 3.71. The Hall–Kier alpha value is -0.120. The number of rotatable bonds is 6. The molecule has 0 aliphatic carbocycles. The van der Waals surface area contributed by atoms with Gasteiger partial charge in [-0.15, -0.1) is 0 Å². The van der Waals surface area contributed by atoms with Crippen LogP contribution >= 0.6 is 0 Å². The first-order valence-corrected chi connectivity index (χ1v) is 7.37. The Balaban J connectivity index is 2.29. The van der Waals surface area contributed by atoms with Crippen LogP contribution in [-0.2, 0) is 4.74 Å². The molecular formula is C15H32N2O. The van der Waals surface area contributed by atoms with Crippen molar-refractivity contribution < 1.29 is 4.74 Å². The van der Waals surface area contributed by atoms with Crippen molar-refractivity contribution >= 4 is 0 Å². The van der Waals surface area contributed by atoms with Gasteiger partial charge in [0.1, 0.15) is 0 Å². The molecule has 0 aromatic heterocycles. The average Bonchev–Trinajstić information content (AvgIpc) is 2.27. The Morgan fingerprint density at radius 3 is 2.39 bits per heavy atom. The predicted molar refractivity (Wildman–Crippen MR) is 77.7 cm³/mol. The lowest BCUT2D eigenvalue weighted by Crippen LogP contribution is -2.36. The van der Waals surface area contributed by atoms with E-state index in [0.717, 1.165) is 32.2 Å². The molecule has 1 saturated heterocycles. The van der Waals surface area contributed by atoms with Crippen LogP contribution in [0.15, 0.2) is 0 Å². The van der Waals surface area contributed by atoms with Crippen LogP contribution < -0.4 is 5.73 Å². The summed E-state index contributed by atoms with van der Waals surface area (Å²) >= 11 is 0. The van der Waals surface area contributed by atoms with E-state index < -0.39 is 0 Å². The summed E-state index contributed by atoms with van der Waals surface area (Å²) < 4.78 is 5.41. The molecule has 1 atom stereocenters. The summed E-state index contributed by atoms with van der Waals surface area (Å²) in [7, 11) is 2.24. The number of ether oxygens (including phenoxy) is 1. The Kier molecular flexibility index (Phi) is 6.61. The van der Waals surface area contributed by atoms with Crippen molar-refractivity contribution in [2.75, 3.05) is 39.9 Å². The summed E-state index contributed by atoms with van der Waals surface area (Å²) in [5.74, 6) is 1.44. The van der Waals surface area contributed by atoms with Crippen LogP contribution in [0.5, 0.6) is 0 Å². The van der Waals surface area contributed by atoms with Crippen molar-refractivity contribution in [1.82, 2.24) is 4.90 Å². The summed E-state index contributed by atoms with van der Waals surface area (Å²) in [6, 6.07) is 0. The molecule has 1 aliphatic heterocycles. The third-order valence-corrected chi connectivity index (χ3v) is 3.71. The molecule has 0 spiro atoms. The van der Waals surface area contributed by atoms with Gasteiger partial charge in [-0.3, -0.25) is 0 Å². The highest BCUT2D eigenvalue weighted by Gasteiger charge is 2.21. The van der Waals surface area contributed by atoms with Gasteiger partial charge in [0.25, 0.3) is 0 Å². The van der Waals surface area contributed by atoms with E-state index in [-0.39, 0.29) is 0 Å². The normalized spacial score (nSPS) is 20.3. The molecule has 1 rings (SSSR count). The molecule has 1 heterocycles. The molecule has 0 aromatic carbocycles.